The van der Waals surface area contributed by atoms with Crippen molar-refractivity contribution in [3.63, 3.8) is 0 Å². The van der Waals surface area contributed by atoms with Crippen molar-refractivity contribution in [1.29, 1.82) is 0 Å². The molecule has 0 spiro atoms. The summed E-state index contributed by atoms with van der Waals surface area (Å²) in [6, 6.07) is 9.13. The van der Waals surface area contributed by atoms with E-state index in [1.165, 1.54) is 0 Å². The van der Waals surface area contributed by atoms with E-state index in [4.69, 9.17) is 14.7 Å². The van der Waals surface area contributed by atoms with Crippen LogP contribution in [0, 0.1) is 0 Å². The highest BCUT2D eigenvalue weighted by atomic mass is 16.5. The predicted molar refractivity (Wildman–Crippen MR) is 61.8 cm³/mol. The van der Waals surface area contributed by atoms with Gasteiger partial charge in [-0.1, -0.05) is 11.2 Å². The minimum Gasteiger partial charge on any atom is -0.463 e. The zero-order chi connectivity index (χ0) is 11.7. The summed E-state index contributed by atoms with van der Waals surface area (Å²) in [5, 5.41) is 3.90. The smallest absolute Gasteiger partial charge is 0.232 e. The van der Waals surface area contributed by atoms with Gasteiger partial charge in [-0.15, -0.1) is 0 Å². The molecule has 0 unspecified atom stereocenters. The molecule has 2 N–H and O–H groups in total. The molecule has 0 aliphatic carbocycles. The van der Waals surface area contributed by atoms with Crippen molar-refractivity contribution in [1.82, 2.24) is 10.1 Å². The minimum absolute atomic E-state index is 0.232. The van der Waals surface area contributed by atoms with Gasteiger partial charge in [-0.2, -0.15) is 0 Å². The first kappa shape index (κ1) is 9.65. The van der Waals surface area contributed by atoms with Crippen molar-refractivity contribution in [2.45, 2.75) is 0 Å². The minimum atomic E-state index is 0.232. The van der Waals surface area contributed by atoms with Gasteiger partial charge in [-0.25, -0.2) is 0 Å². The summed E-state index contributed by atoms with van der Waals surface area (Å²) in [6.07, 6.45) is 3.26. The van der Waals surface area contributed by atoms with Crippen LogP contribution in [0.3, 0.4) is 0 Å². The Balaban J connectivity index is 2.20. The molecule has 5 nitrogen and oxygen atoms in total. The third-order valence-electron chi connectivity index (χ3n) is 2.39. The molecule has 0 aromatic carbocycles. The fraction of sp³-hybridized carbons (Fsp3) is 0. The van der Waals surface area contributed by atoms with Crippen molar-refractivity contribution in [2.24, 2.45) is 0 Å². The van der Waals surface area contributed by atoms with Gasteiger partial charge in [0.1, 0.15) is 0 Å². The summed E-state index contributed by atoms with van der Waals surface area (Å²) >= 11 is 0. The maximum absolute atomic E-state index is 5.77. The average Bonchev–Trinajstić information content (AvgIpc) is 2.98. The molecular weight excluding hydrogens is 218 g/mol. The number of pyridine rings is 1. The largest absolute Gasteiger partial charge is 0.463 e. The lowest BCUT2D eigenvalue weighted by Gasteiger charge is -1.98. The topological polar surface area (TPSA) is 78.1 Å². The van der Waals surface area contributed by atoms with Gasteiger partial charge in [-0.05, 0) is 24.3 Å². The molecule has 0 atom stereocenters. The van der Waals surface area contributed by atoms with Gasteiger partial charge in [0, 0.05) is 6.20 Å². The highest BCUT2D eigenvalue weighted by Crippen LogP contribution is 2.34. The molecule has 0 aliphatic heterocycles. The van der Waals surface area contributed by atoms with Gasteiger partial charge in [0.2, 0.25) is 5.88 Å². The van der Waals surface area contributed by atoms with Crippen LogP contribution in [0.4, 0.5) is 5.88 Å². The number of nitrogens with two attached hydrogens (primary N) is 1. The third-order valence-corrected chi connectivity index (χ3v) is 2.39. The highest BCUT2D eigenvalue weighted by molar-refractivity contribution is 5.83. The Morgan fingerprint density at radius 1 is 1.12 bits per heavy atom. The molecule has 3 rings (SSSR count). The van der Waals surface area contributed by atoms with Crippen LogP contribution in [0.25, 0.3) is 22.7 Å². The van der Waals surface area contributed by atoms with Crippen LogP contribution in [0.5, 0.6) is 0 Å². The lowest BCUT2D eigenvalue weighted by atomic mass is 10.1. The number of nitrogens with zero attached hydrogens (tertiary/aromatic N) is 2. The van der Waals surface area contributed by atoms with Crippen LogP contribution >= 0.6 is 0 Å². The zero-order valence-electron chi connectivity index (χ0n) is 8.83. The van der Waals surface area contributed by atoms with Gasteiger partial charge in [0.25, 0.3) is 0 Å². The number of anilines is 1. The van der Waals surface area contributed by atoms with Crippen molar-refractivity contribution < 1.29 is 8.94 Å². The first-order chi connectivity index (χ1) is 8.36. The molecule has 3 aromatic rings. The van der Waals surface area contributed by atoms with E-state index >= 15 is 0 Å². The summed E-state index contributed by atoms with van der Waals surface area (Å²) in [5.41, 5.74) is 7.69. The second-order valence-electron chi connectivity index (χ2n) is 3.46. The van der Waals surface area contributed by atoms with Crippen molar-refractivity contribution in [2.75, 3.05) is 5.73 Å². The molecule has 0 fully saturated rings. The van der Waals surface area contributed by atoms with Gasteiger partial charge in [0.05, 0.1) is 17.5 Å². The van der Waals surface area contributed by atoms with Gasteiger partial charge in [0.15, 0.2) is 11.5 Å². The van der Waals surface area contributed by atoms with Crippen LogP contribution in [-0.2, 0) is 0 Å². The van der Waals surface area contributed by atoms with E-state index in [9.17, 15) is 0 Å². The molecule has 17 heavy (non-hydrogen) atoms. The fourth-order valence-electron chi connectivity index (χ4n) is 1.64. The molecular formula is C12H9N3O2. The number of hydrogen-bond donors (Lipinski definition) is 1. The van der Waals surface area contributed by atoms with Gasteiger partial charge >= 0.3 is 0 Å². The second kappa shape index (κ2) is 3.79. The lowest BCUT2D eigenvalue weighted by Crippen LogP contribution is -1.89. The van der Waals surface area contributed by atoms with Crippen molar-refractivity contribution in [3.8, 4) is 22.7 Å². The molecule has 84 valence electrons. The van der Waals surface area contributed by atoms with Crippen molar-refractivity contribution in [3.05, 3.63) is 42.8 Å². The Morgan fingerprint density at radius 2 is 2.06 bits per heavy atom. The van der Waals surface area contributed by atoms with Crippen LogP contribution in [-0.4, -0.2) is 10.1 Å². The molecule has 0 aliphatic rings. The molecule has 0 amide bonds. The monoisotopic (exact) mass is 227 g/mol. The molecule has 3 heterocycles. The van der Waals surface area contributed by atoms with Crippen LogP contribution in [0.1, 0.15) is 0 Å². The third kappa shape index (κ3) is 1.57. The Kier molecular flexibility index (Phi) is 2.15. The summed E-state index contributed by atoms with van der Waals surface area (Å²) < 4.78 is 10.3. The number of furan rings is 1. The number of hydrogen-bond acceptors (Lipinski definition) is 5. The van der Waals surface area contributed by atoms with E-state index in [0.29, 0.717) is 22.7 Å². The van der Waals surface area contributed by atoms with E-state index < -0.39 is 0 Å². The first-order valence-electron chi connectivity index (χ1n) is 5.06. The molecule has 0 radical (unpaired) electrons. The summed E-state index contributed by atoms with van der Waals surface area (Å²) in [6.45, 7) is 0. The maximum atomic E-state index is 5.77. The molecule has 0 bridgehead atoms. The molecule has 0 saturated carbocycles. The SMILES string of the molecule is Nc1onc(-c2ccco2)c1-c1ccccn1. The quantitative estimate of drug-likeness (QED) is 0.727. The van der Waals surface area contributed by atoms with Gasteiger partial charge in [-0.3, -0.25) is 4.98 Å². The molecule has 0 saturated heterocycles. The van der Waals surface area contributed by atoms with E-state index in [1.54, 1.807) is 24.6 Å². The van der Waals surface area contributed by atoms with Crippen LogP contribution in [0.2, 0.25) is 0 Å². The van der Waals surface area contributed by atoms with Crippen molar-refractivity contribution >= 4 is 5.88 Å². The second-order valence-corrected chi connectivity index (χ2v) is 3.46. The Bertz CT molecular complexity index is 615. The molecule has 5 heteroatoms. The number of aromatic nitrogens is 2. The van der Waals surface area contributed by atoms with E-state index in [1.807, 2.05) is 18.2 Å². The normalized spacial score (nSPS) is 10.6. The fourth-order valence-corrected chi connectivity index (χ4v) is 1.64. The number of rotatable bonds is 2. The summed E-state index contributed by atoms with van der Waals surface area (Å²) in [5.74, 6) is 0.834. The summed E-state index contributed by atoms with van der Waals surface area (Å²) in [7, 11) is 0. The molecule has 3 aromatic heterocycles. The standard InChI is InChI=1S/C12H9N3O2/c13-12-10(8-4-1-2-6-14-8)11(15-17-12)9-5-3-7-16-9/h1-7H,13H2. The van der Waals surface area contributed by atoms with E-state index in [-0.39, 0.29) is 5.88 Å². The van der Waals surface area contributed by atoms with Crippen LogP contribution < -0.4 is 5.73 Å². The average molecular weight is 227 g/mol. The Hall–Kier alpha value is -2.56. The Labute approximate surface area is 96.9 Å². The maximum Gasteiger partial charge on any atom is 0.232 e. The first-order valence-corrected chi connectivity index (χ1v) is 5.06. The van der Waals surface area contributed by atoms with E-state index in [0.717, 1.165) is 0 Å². The highest BCUT2D eigenvalue weighted by Gasteiger charge is 2.19. The van der Waals surface area contributed by atoms with Crippen LogP contribution in [0.15, 0.2) is 51.7 Å². The lowest BCUT2D eigenvalue weighted by molar-refractivity contribution is 0.436. The zero-order valence-corrected chi connectivity index (χ0v) is 8.83. The number of nitrogen functional groups attached to an aromatic ring is 1. The van der Waals surface area contributed by atoms with E-state index in [2.05, 4.69) is 10.1 Å². The summed E-state index contributed by atoms with van der Waals surface area (Å²) in [4.78, 5) is 4.23. The predicted octanol–water partition coefficient (Wildman–Crippen LogP) is 2.58. The van der Waals surface area contributed by atoms with Gasteiger partial charge < -0.3 is 14.7 Å². The Morgan fingerprint density at radius 3 is 2.76 bits per heavy atom.